The zero-order chi connectivity index (χ0) is 33.2. The fourth-order valence-electron chi connectivity index (χ4n) is 5.27. The largest absolute Gasteiger partial charge is 0.442 e. The average Bonchev–Trinajstić information content (AvgIpc) is 3.45. The van der Waals surface area contributed by atoms with Gasteiger partial charge >= 0.3 is 6.09 Å². The summed E-state index contributed by atoms with van der Waals surface area (Å²) in [6.07, 6.45) is 7.22. The van der Waals surface area contributed by atoms with Crippen LogP contribution < -0.4 is 16.0 Å². The lowest BCUT2D eigenvalue weighted by atomic mass is 9.93. The first-order valence-corrected chi connectivity index (χ1v) is 15.6. The van der Waals surface area contributed by atoms with Crippen molar-refractivity contribution in [3.8, 4) is 11.1 Å². The molecule has 0 spiro atoms. The van der Waals surface area contributed by atoms with E-state index in [1.165, 1.54) is 4.68 Å². The molecule has 0 saturated carbocycles. The number of aliphatic hydroxyl groups is 1. The zero-order valence-corrected chi connectivity index (χ0v) is 27.7. The molecule has 0 bridgehead atoms. The predicted molar refractivity (Wildman–Crippen MR) is 178 cm³/mol. The van der Waals surface area contributed by atoms with E-state index in [2.05, 4.69) is 31.0 Å². The third-order valence-corrected chi connectivity index (χ3v) is 7.92. The van der Waals surface area contributed by atoms with E-state index in [1.807, 2.05) is 51.1 Å². The Balaban J connectivity index is 1.35. The number of aromatic nitrogens is 4. The molecule has 46 heavy (non-hydrogen) atoms. The van der Waals surface area contributed by atoms with E-state index < -0.39 is 17.3 Å². The molecule has 242 valence electrons. The lowest BCUT2D eigenvalue weighted by molar-refractivity contribution is 0.0513. The van der Waals surface area contributed by atoms with E-state index in [1.54, 1.807) is 45.6 Å². The molecule has 0 radical (unpaired) electrons. The molecule has 1 aliphatic rings. The van der Waals surface area contributed by atoms with Crippen molar-refractivity contribution in [3.63, 3.8) is 0 Å². The molecule has 2 aromatic heterocycles. The second kappa shape index (κ2) is 13.1. The van der Waals surface area contributed by atoms with Crippen molar-refractivity contribution >= 4 is 35.0 Å². The lowest BCUT2D eigenvalue weighted by Gasteiger charge is -2.24. The van der Waals surface area contributed by atoms with Gasteiger partial charge in [0.25, 0.3) is 5.91 Å². The minimum absolute atomic E-state index is 0.0871. The highest BCUT2D eigenvalue weighted by Gasteiger charge is 2.27. The number of nitrogens with one attached hydrogen (secondary N) is 3. The Bertz CT molecular complexity index is 1740. The third-order valence-electron chi connectivity index (χ3n) is 7.55. The summed E-state index contributed by atoms with van der Waals surface area (Å²) in [6.45, 7) is 9.09. The van der Waals surface area contributed by atoms with Crippen LogP contribution in [0.25, 0.3) is 11.1 Å². The number of benzene rings is 2. The summed E-state index contributed by atoms with van der Waals surface area (Å²) in [4.78, 5) is 34.0. The molecule has 1 atom stereocenters. The van der Waals surface area contributed by atoms with Crippen LogP contribution in [-0.4, -0.2) is 49.5 Å². The van der Waals surface area contributed by atoms with Gasteiger partial charge < -0.3 is 25.8 Å². The van der Waals surface area contributed by atoms with Gasteiger partial charge in [0, 0.05) is 54.1 Å². The molecule has 0 fully saturated rings. The van der Waals surface area contributed by atoms with Gasteiger partial charge in [-0.05, 0) is 101 Å². The van der Waals surface area contributed by atoms with Crippen LogP contribution in [-0.2, 0) is 23.3 Å². The van der Waals surface area contributed by atoms with Gasteiger partial charge in [-0.3, -0.25) is 4.79 Å². The molecule has 1 aliphatic carbocycles. The number of halogens is 1. The molecule has 2 aromatic carbocycles. The third kappa shape index (κ3) is 7.66. The Morgan fingerprint density at radius 2 is 1.80 bits per heavy atom. The highest BCUT2D eigenvalue weighted by molar-refractivity contribution is 6.31. The molecular formula is C34H40ClN7O4. The Morgan fingerprint density at radius 1 is 1.07 bits per heavy atom. The summed E-state index contributed by atoms with van der Waals surface area (Å²) in [5.41, 5.74) is 4.40. The fraction of sp³-hybridized carbons (Fsp3) is 0.382. The predicted octanol–water partition coefficient (Wildman–Crippen LogP) is 6.47. The van der Waals surface area contributed by atoms with Crippen LogP contribution in [0.3, 0.4) is 0 Å². The van der Waals surface area contributed by atoms with Crippen LogP contribution in [0.4, 0.5) is 16.2 Å². The standard InChI is InChI=1S/C34H40ClN7O4/c1-33(2,3)46-32(44)42-19-21-8-7-9-27(29(21)41-42)40-24-11-13-26(35)22(14-24)16-37-28-15-20(10-12-25(28)30(43)36-6)23-17-38-31(39-18-23)34(4,5)45/h10-15,17-19,27,37,40,45H,7-9,16H2,1-6H3,(H,36,43). The summed E-state index contributed by atoms with van der Waals surface area (Å²) < 4.78 is 6.80. The summed E-state index contributed by atoms with van der Waals surface area (Å²) >= 11 is 6.63. The second-order valence-corrected chi connectivity index (χ2v) is 13.3. The normalized spacial score (nSPS) is 14.7. The molecule has 12 heteroatoms. The highest BCUT2D eigenvalue weighted by Crippen LogP contribution is 2.33. The van der Waals surface area contributed by atoms with Crippen LogP contribution in [0.5, 0.6) is 0 Å². The molecule has 2 heterocycles. The molecule has 1 unspecified atom stereocenters. The number of fused-ring (bicyclic) bond motifs is 1. The van der Waals surface area contributed by atoms with Gasteiger partial charge in [-0.15, -0.1) is 0 Å². The number of hydrogen-bond donors (Lipinski definition) is 4. The Labute approximate surface area is 273 Å². The molecule has 4 N–H and O–H groups in total. The van der Waals surface area contributed by atoms with Crippen LogP contribution in [0.2, 0.25) is 5.02 Å². The number of rotatable bonds is 8. The van der Waals surface area contributed by atoms with Crippen LogP contribution >= 0.6 is 11.6 Å². The Kier molecular flexibility index (Phi) is 9.37. The van der Waals surface area contributed by atoms with E-state index in [9.17, 15) is 14.7 Å². The maximum absolute atomic E-state index is 12.7. The van der Waals surface area contributed by atoms with E-state index in [0.29, 0.717) is 28.6 Å². The van der Waals surface area contributed by atoms with Gasteiger partial charge in [0.2, 0.25) is 0 Å². The minimum Gasteiger partial charge on any atom is -0.442 e. The van der Waals surface area contributed by atoms with Crippen LogP contribution in [0.1, 0.15) is 86.5 Å². The van der Waals surface area contributed by atoms with Crippen molar-refractivity contribution in [1.29, 1.82) is 0 Å². The summed E-state index contributed by atoms with van der Waals surface area (Å²) in [6, 6.07) is 11.1. The number of nitrogens with zero attached hydrogens (tertiary/aromatic N) is 4. The lowest BCUT2D eigenvalue weighted by Crippen LogP contribution is -2.27. The first-order chi connectivity index (χ1) is 21.7. The average molecular weight is 646 g/mol. The quantitative estimate of drug-likeness (QED) is 0.170. The second-order valence-electron chi connectivity index (χ2n) is 12.9. The zero-order valence-electron chi connectivity index (χ0n) is 26.9. The van der Waals surface area contributed by atoms with Crippen molar-refractivity contribution in [1.82, 2.24) is 25.1 Å². The summed E-state index contributed by atoms with van der Waals surface area (Å²) in [5.74, 6) is 0.0867. The smallest absolute Gasteiger partial charge is 0.435 e. The number of amides is 1. The molecule has 1 amide bonds. The molecule has 4 aromatic rings. The SMILES string of the molecule is CNC(=O)c1ccc(-c2cnc(C(C)(C)O)nc2)cc1NCc1cc(NC2CCCc3cn(C(=O)OC(C)(C)C)nc32)ccc1Cl. The van der Waals surface area contributed by atoms with Crippen molar-refractivity contribution in [3.05, 3.63) is 88.2 Å². The maximum atomic E-state index is 12.7. The molecule has 11 nitrogen and oxygen atoms in total. The number of carbonyl (C=O) groups is 2. The first kappa shape index (κ1) is 32.9. The number of hydrogen-bond acceptors (Lipinski definition) is 9. The molecule has 0 saturated heterocycles. The number of anilines is 2. The molecular weight excluding hydrogens is 606 g/mol. The molecule has 0 aliphatic heterocycles. The van der Waals surface area contributed by atoms with Crippen molar-refractivity contribution in [2.75, 3.05) is 17.7 Å². The molecule has 5 rings (SSSR count). The monoisotopic (exact) mass is 645 g/mol. The van der Waals surface area contributed by atoms with Gasteiger partial charge in [0.05, 0.1) is 17.3 Å². The topological polar surface area (TPSA) is 143 Å². The Hall–Kier alpha value is -4.48. The van der Waals surface area contributed by atoms with Crippen molar-refractivity contribution in [2.24, 2.45) is 0 Å². The van der Waals surface area contributed by atoms with Gasteiger partial charge in [0.15, 0.2) is 5.82 Å². The summed E-state index contributed by atoms with van der Waals surface area (Å²) in [7, 11) is 1.59. The highest BCUT2D eigenvalue weighted by atomic mass is 35.5. The number of aryl methyl sites for hydroxylation is 1. The van der Waals surface area contributed by atoms with Crippen LogP contribution in [0.15, 0.2) is 55.0 Å². The minimum atomic E-state index is -1.15. The van der Waals surface area contributed by atoms with E-state index >= 15 is 0 Å². The van der Waals surface area contributed by atoms with Gasteiger partial charge in [0.1, 0.15) is 11.2 Å². The van der Waals surface area contributed by atoms with E-state index in [0.717, 1.165) is 52.9 Å². The van der Waals surface area contributed by atoms with Gasteiger partial charge in [-0.2, -0.15) is 9.78 Å². The number of carbonyl (C=O) groups excluding carboxylic acids is 2. The van der Waals surface area contributed by atoms with Crippen molar-refractivity contribution in [2.45, 2.75) is 77.7 Å². The van der Waals surface area contributed by atoms with Gasteiger partial charge in [-0.25, -0.2) is 14.8 Å². The maximum Gasteiger partial charge on any atom is 0.435 e. The fourth-order valence-corrected chi connectivity index (χ4v) is 5.46. The summed E-state index contributed by atoms with van der Waals surface area (Å²) in [5, 5.41) is 25.0. The number of ether oxygens (including phenoxy) is 1. The van der Waals surface area contributed by atoms with E-state index in [-0.39, 0.29) is 11.9 Å². The Morgan fingerprint density at radius 3 is 2.48 bits per heavy atom. The van der Waals surface area contributed by atoms with Crippen molar-refractivity contribution < 1.29 is 19.4 Å². The van der Waals surface area contributed by atoms with E-state index in [4.69, 9.17) is 16.3 Å². The van der Waals surface area contributed by atoms with Crippen LogP contribution in [0, 0.1) is 0 Å². The van der Waals surface area contributed by atoms with Gasteiger partial charge in [-0.1, -0.05) is 17.7 Å². The first-order valence-electron chi connectivity index (χ1n) is 15.2.